The molecular formula is C19H20N6O2. The van der Waals surface area contributed by atoms with Crippen LogP contribution in [0.15, 0.2) is 48.7 Å². The van der Waals surface area contributed by atoms with Crippen molar-refractivity contribution in [1.29, 1.82) is 0 Å². The SMILES string of the molecule is CN(c1ccc2cc([N+](=O)[O-])ccc2n1)C1CCCN(c2cccnn2)C1. The summed E-state index contributed by atoms with van der Waals surface area (Å²) in [4.78, 5) is 19.7. The average Bonchev–Trinajstić information content (AvgIpc) is 2.73. The molecule has 2 aromatic heterocycles. The molecule has 1 saturated heterocycles. The van der Waals surface area contributed by atoms with E-state index in [9.17, 15) is 10.1 Å². The monoisotopic (exact) mass is 364 g/mol. The Balaban J connectivity index is 1.55. The van der Waals surface area contributed by atoms with Gasteiger partial charge in [-0.1, -0.05) is 0 Å². The third kappa shape index (κ3) is 3.51. The number of non-ortho nitro benzene ring substituents is 1. The number of piperidine rings is 1. The molecule has 0 amide bonds. The van der Waals surface area contributed by atoms with Gasteiger partial charge in [0.1, 0.15) is 5.82 Å². The first-order valence-corrected chi connectivity index (χ1v) is 8.92. The molecule has 0 bridgehead atoms. The lowest BCUT2D eigenvalue weighted by molar-refractivity contribution is -0.384. The van der Waals surface area contributed by atoms with Gasteiger partial charge in [-0.15, -0.1) is 5.10 Å². The van der Waals surface area contributed by atoms with E-state index >= 15 is 0 Å². The Bertz CT molecular complexity index is 965. The second-order valence-corrected chi connectivity index (χ2v) is 6.74. The van der Waals surface area contributed by atoms with Crippen LogP contribution in [0.5, 0.6) is 0 Å². The van der Waals surface area contributed by atoms with Crippen LogP contribution < -0.4 is 9.80 Å². The molecule has 1 aliphatic heterocycles. The fourth-order valence-electron chi connectivity index (χ4n) is 3.54. The molecule has 1 fully saturated rings. The standard InChI is InChI=1S/C19H20N6O2/c1-23(16-4-3-11-24(13-16)19-5-2-10-20-22-19)18-9-6-14-12-15(25(26)27)7-8-17(14)21-18/h2,5-10,12,16H,3-4,11,13H2,1H3. The first kappa shape index (κ1) is 17.1. The molecule has 0 radical (unpaired) electrons. The molecule has 0 saturated carbocycles. The van der Waals surface area contributed by atoms with E-state index in [1.807, 2.05) is 31.3 Å². The number of fused-ring (bicyclic) bond motifs is 1. The molecule has 1 atom stereocenters. The van der Waals surface area contributed by atoms with Crippen molar-refractivity contribution >= 4 is 28.2 Å². The number of rotatable bonds is 4. The lowest BCUT2D eigenvalue weighted by Crippen LogP contribution is -2.47. The predicted molar refractivity (Wildman–Crippen MR) is 104 cm³/mol. The summed E-state index contributed by atoms with van der Waals surface area (Å²) in [6.45, 7) is 1.83. The van der Waals surface area contributed by atoms with Crippen molar-refractivity contribution in [2.24, 2.45) is 0 Å². The van der Waals surface area contributed by atoms with Crippen molar-refractivity contribution in [3.63, 3.8) is 0 Å². The lowest BCUT2D eigenvalue weighted by Gasteiger charge is -2.38. The summed E-state index contributed by atoms with van der Waals surface area (Å²) in [6.07, 6.45) is 3.83. The van der Waals surface area contributed by atoms with E-state index in [0.29, 0.717) is 6.04 Å². The molecule has 138 valence electrons. The molecule has 0 N–H and O–H groups in total. The Hall–Kier alpha value is -3.29. The Labute approximate surface area is 156 Å². The van der Waals surface area contributed by atoms with Crippen LogP contribution >= 0.6 is 0 Å². The second kappa shape index (κ2) is 7.14. The summed E-state index contributed by atoms with van der Waals surface area (Å²) >= 11 is 0. The van der Waals surface area contributed by atoms with Gasteiger partial charge in [0.05, 0.1) is 10.4 Å². The number of nitro benzene ring substituents is 1. The minimum absolute atomic E-state index is 0.0808. The summed E-state index contributed by atoms with van der Waals surface area (Å²) in [6, 6.07) is 12.8. The van der Waals surface area contributed by atoms with Crippen molar-refractivity contribution in [2.75, 3.05) is 29.9 Å². The van der Waals surface area contributed by atoms with Crippen LogP contribution in [0.1, 0.15) is 12.8 Å². The Morgan fingerprint density at radius 2 is 2.15 bits per heavy atom. The number of likely N-dealkylation sites (N-methyl/N-ethyl adjacent to an activating group) is 1. The zero-order valence-electron chi connectivity index (χ0n) is 15.0. The van der Waals surface area contributed by atoms with Crippen LogP contribution in [-0.4, -0.2) is 46.3 Å². The fourth-order valence-corrected chi connectivity index (χ4v) is 3.54. The number of pyridine rings is 1. The number of nitro groups is 1. The van der Waals surface area contributed by atoms with Crippen molar-refractivity contribution in [2.45, 2.75) is 18.9 Å². The van der Waals surface area contributed by atoms with Crippen LogP contribution in [0.25, 0.3) is 10.9 Å². The average molecular weight is 364 g/mol. The molecule has 8 heteroatoms. The van der Waals surface area contributed by atoms with Crippen molar-refractivity contribution in [3.8, 4) is 0 Å². The molecule has 1 aromatic carbocycles. The van der Waals surface area contributed by atoms with E-state index in [0.717, 1.165) is 48.5 Å². The first-order chi connectivity index (χ1) is 13.1. The molecule has 0 aliphatic carbocycles. The van der Waals surface area contributed by atoms with E-state index in [2.05, 4.69) is 20.0 Å². The second-order valence-electron chi connectivity index (χ2n) is 6.74. The molecule has 1 unspecified atom stereocenters. The van der Waals surface area contributed by atoms with Gasteiger partial charge in [-0.3, -0.25) is 10.1 Å². The summed E-state index contributed by atoms with van der Waals surface area (Å²) in [5, 5.41) is 19.9. The summed E-state index contributed by atoms with van der Waals surface area (Å²) < 4.78 is 0. The topological polar surface area (TPSA) is 88.3 Å². The summed E-state index contributed by atoms with van der Waals surface area (Å²) in [5.74, 6) is 1.76. The quantitative estimate of drug-likeness (QED) is 0.519. The number of aromatic nitrogens is 3. The number of benzene rings is 1. The number of nitrogens with zero attached hydrogens (tertiary/aromatic N) is 6. The zero-order chi connectivity index (χ0) is 18.8. The highest BCUT2D eigenvalue weighted by molar-refractivity contribution is 5.82. The Morgan fingerprint density at radius 1 is 1.26 bits per heavy atom. The largest absolute Gasteiger partial charge is 0.355 e. The Morgan fingerprint density at radius 3 is 2.93 bits per heavy atom. The number of hydrogen-bond acceptors (Lipinski definition) is 7. The van der Waals surface area contributed by atoms with Gasteiger partial charge in [-0.05, 0) is 43.2 Å². The smallest absolute Gasteiger partial charge is 0.270 e. The maximum atomic E-state index is 10.9. The van der Waals surface area contributed by atoms with E-state index in [1.54, 1.807) is 18.3 Å². The molecule has 27 heavy (non-hydrogen) atoms. The van der Waals surface area contributed by atoms with E-state index in [-0.39, 0.29) is 10.6 Å². The molecule has 3 aromatic rings. The molecule has 3 heterocycles. The lowest BCUT2D eigenvalue weighted by atomic mass is 10.0. The summed E-state index contributed by atoms with van der Waals surface area (Å²) in [7, 11) is 2.05. The third-order valence-corrected chi connectivity index (χ3v) is 5.06. The van der Waals surface area contributed by atoms with Crippen molar-refractivity contribution < 1.29 is 4.92 Å². The van der Waals surface area contributed by atoms with Gasteiger partial charge in [0, 0.05) is 49.9 Å². The fraction of sp³-hybridized carbons (Fsp3) is 0.316. The van der Waals surface area contributed by atoms with Gasteiger partial charge in [-0.2, -0.15) is 5.10 Å². The van der Waals surface area contributed by atoms with E-state index < -0.39 is 0 Å². The highest BCUT2D eigenvalue weighted by Crippen LogP contribution is 2.26. The van der Waals surface area contributed by atoms with Gasteiger partial charge in [0.25, 0.3) is 5.69 Å². The maximum Gasteiger partial charge on any atom is 0.270 e. The first-order valence-electron chi connectivity index (χ1n) is 8.92. The molecule has 0 spiro atoms. The predicted octanol–water partition coefficient (Wildman–Crippen LogP) is 3.04. The van der Waals surface area contributed by atoms with Gasteiger partial charge in [-0.25, -0.2) is 4.98 Å². The number of hydrogen-bond donors (Lipinski definition) is 0. The summed E-state index contributed by atoms with van der Waals surface area (Å²) in [5.41, 5.74) is 0.837. The number of anilines is 2. The van der Waals surface area contributed by atoms with Crippen LogP contribution in [0, 0.1) is 10.1 Å². The van der Waals surface area contributed by atoms with Crippen LogP contribution in [0.2, 0.25) is 0 Å². The minimum atomic E-state index is -0.386. The van der Waals surface area contributed by atoms with Gasteiger partial charge >= 0.3 is 0 Å². The van der Waals surface area contributed by atoms with Crippen LogP contribution in [0.4, 0.5) is 17.3 Å². The van der Waals surface area contributed by atoms with Gasteiger partial charge in [0.15, 0.2) is 5.82 Å². The highest BCUT2D eigenvalue weighted by Gasteiger charge is 2.25. The normalized spacial score (nSPS) is 17.1. The molecule has 4 rings (SSSR count). The van der Waals surface area contributed by atoms with Crippen molar-refractivity contribution in [1.82, 2.24) is 15.2 Å². The molecular weight excluding hydrogens is 344 g/mol. The highest BCUT2D eigenvalue weighted by atomic mass is 16.6. The van der Waals surface area contributed by atoms with Crippen molar-refractivity contribution in [3.05, 3.63) is 58.8 Å². The van der Waals surface area contributed by atoms with E-state index in [1.165, 1.54) is 6.07 Å². The van der Waals surface area contributed by atoms with E-state index in [4.69, 9.17) is 4.98 Å². The molecule has 8 nitrogen and oxygen atoms in total. The maximum absolute atomic E-state index is 10.9. The zero-order valence-corrected chi connectivity index (χ0v) is 15.0. The van der Waals surface area contributed by atoms with Crippen LogP contribution in [-0.2, 0) is 0 Å². The van der Waals surface area contributed by atoms with Crippen LogP contribution in [0.3, 0.4) is 0 Å². The third-order valence-electron chi connectivity index (χ3n) is 5.06. The van der Waals surface area contributed by atoms with Gasteiger partial charge < -0.3 is 9.80 Å². The van der Waals surface area contributed by atoms with Gasteiger partial charge in [0.2, 0.25) is 0 Å². The molecule has 1 aliphatic rings. The minimum Gasteiger partial charge on any atom is -0.355 e. The Kier molecular flexibility index (Phi) is 4.53.